The highest BCUT2D eigenvalue weighted by atomic mass is 19.2. The lowest BCUT2D eigenvalue weighted by molar-refractivity contribution is -0.387. The Balaban J connectivity index is 3.34. The molecule has 0 radical (unpaired) electrons. The van der Waals surface area contributed by atoms with Gasteiger partial charge in [-0.05, 0) is 6.07 Å². The van der Waals surface area contributed by atoms with Crippen LogP contribution in [0.1, 0.15) is 11.7 Å². The fourth-order valence-corrected chi connectivity index (χ4v) is 1.03. The fourth-order valence-electron chi connectivity index (χ4n) is 1.03. The maximum absolute atomic E-state index is 12.9. The summed E-state index contributed by atoms with van der Waals surface area (Å²) in [5, 5.41) is 27.7. The summed E-state index contributed by atoms with van der Waals surface area (Å²) >= 11 is 0. The second kappa shape index (κ2) is 4.19. The van der Waals surface area contributed by atoms with Gasteiger partial charge in [-0.25, -0.2) is 9.18 Å². The van der Waals surface area contributed by atoms with E-state index in [1.54, 1.807) is 0 Å². The molecule has 2 N–H and O–H groups in total. The van der Waals surface area contributed by atoms with Crippen molar-refractivity contribution in [3.8, 4) is 0 Å². The molecule has 0 saturated heterocycles. The Kier molecular flexibility index (Phi) is 3.14. The Morgan fingerprint density at radius 2 is 2.00 bits per heavy atom. The van der Waals surface area contributed by atoms with Crippen molar-refractivity contribution in [1.82, 2.24) is 0 Å². The number of nitrogens with zero attached hydrogens (tertiary/aromatic N) is 1. The van der Waals surface area contributed by atoms with Crippen molar-refractivity contribution in [2.24, 2.45) is 0 Å². The normalized spacial score (nSPS) is 12.2. The molecule has 16 heavy (non-hydrogen) atoms. The Morgan fingerprint density at radius 3 is 2.44 bits per heavy atom. The van der Waals surface area contributed by atoms with Crippen molar-refractivity contribution in [2.45, 2.75) is 6.10 Å². The van der Waals surface area contributed by atoms with E-state index in [2.05, 4.69) is 0 Å². The lowest BCUT2D eigenvalue weighted by Crippen LogP contribution is -2.11. The molecule has 0 aromatic heterocycles. The molecule has 0 aliphatic rings. The van der Waals surface area contributed by atoms with E-state index >= 15 is 0 Å². The third kappa shape index (κ3) is 2.11. The summed E-state index contributed by atoms with van der Waals surface area (Å²) in [6.45, 7) is 0. The van der Waals surface area contributed by atoms with Gasteiger partial charge in [0.05, 0.1) is 4.92 Å². The van der Waals surface area contributed by atoms with Crippen LogP contribution in [0.4, 0.5) is 14.5 Å². The Morgan fingerprint density at radius 1 is 1.44 bits per heavy atom. The lowest BCUT2D eigenvalue weighted by atomic mass is 10.1. The van der Waals surface area contributed by atoms with E-state index in [4.69, 9.17) is 10.2 Å². The number of hydrogen-bond donors (Lipinski definition) is 2. The van der Waals surface area contributed by atoms with Crippen LogP contribution in [0.3, 0.4) is 0 Å². The number of halogens is 2. The number of benzene rings is 1. The summed E-state index contributed by atoms with van der Waals surface area (Å²) in [5.41, 5.74) is -1.83. The summed E-state index contributed by atoms with van der Waals surface area (Å²) in [6, 6.07) is 0.859. The molecular formula is C8H5F2NO5. The lowest BCUT2D eigenvalue weighted by Gasteiger charge is -2.06. The first-order valence-corrected chi connectivity index (χ1v) is 3.88. The van der Waals surface area contributed by atoms with Crippen LogP contribution in [0.25, 0.3) is 0 Å². The molecule has 1 rings (SSSR count). The number of aliphatic hydroxyl groups is 1. The maximum Gasteiger partial charge on any atom is 0.337 e. The number of rotatable bonds is 3. The maximum atomic E-state index is 12.9. The van der Waals surface area contributed by atoms with Gasteiger partial charge in [0.1, 0.15) is 0 Å². The van der Waals surface area contributed by atoms with Crippen LogP contribution in [0.5, 0.6) is 0 Å². The van der Waals surface area contributed by atoms with Gasteiger partial charge >= 0.3 is 11.7 Å². The van der Waals surface area contributed by atoms with Gasteiger partial charge in [-0.2, -0.15) is 4.39 Å². The average molecular weight is 233 g/mol. The first kappa shape index (κ1) is 12.0. The monoisotopic (exact) mass is 233 g/mol. The molecule has 1 aromatic rings. The number of aliphatic hydroxyl groups excluding tert-OH is 1. The van der Waals surface area contributed by atoms with E-state index < -0.39 is 39.9 Å². The molecule has 1 unspecified atom stereocenters. The van der Waals surface area contributed by atoms with Crippen LogP contribution in [0.15, 0.2) is 12.1 Å². The van der Waals surface area contributed by atoms with E-state index in [9.17, 15) is 23.7 Å². The third-order valence-corrected chi connectivity index (χ3v) is 1.78. The molecule has 8 heteroatoms. The Bertz CT molecular complexity index is 462. The van der Waals surface area contributed by atoms with Crippen LogP contribution >= 0.6 is 0 Å². The zero-order chi connectivity index (χ0) is 12.5. The largest absolute Gasteiger partial charge is 0.479 e. The summed E-state index contributed by atoms with van der Waals surface area (Å²) in [7, 11) is 0. The molecule has 0 heterocycles. The highest BCUT2D eigenvalue weighted by Gasteiger charge is 2.25. The van der Waals surface area contributed by atoms with Gasteiger partial charge in [0.15, 0.2) is 11.9 Å². The minimum atomic E-state index is -2.14. The number of aliphatic carboxylic acids is 1. The molecule has 0 fully saturated rings. The van der Waals surface area contributed by atoms with E-state index in [-0.39, 0.29) is 0 Å². The van der Waals surface area contributed by atoms with E-state index in [1.165, 1.54) is 0 Å². The van der Waals surface area contributed by atoms with Gasteiger partial charge < -0.3 is 10.2 Å². The second-order valence-electron chi connectivity index (χ2n) is 2.83. The van der Waals surface area contributed by atoms with E-state index in [1.807, 2.05) is 0 Å². The summed E-state index contributed by atoms with van der Waals surface area (Å²) in [5.74, 6) is -5.02. The molecule has 0 amide bonds. The van der Waals surface area contributed by atoms with E-state index in [0.29, 0.717) is 12.1 Å². The van der Waals surface area contributed by atoms with Crippen molar-refractivity contribution in [2.75, 3.05) is 0 Å². The highest BCUT2D eigenvalue weighted by molar-refractivity contribution is 5.74. The molecule has 6 nitrogen and oxygen atoms in total. The number of nitro benzene ring substituents is 1. The van der Waals surface area contributed by atoms with Crippen molar-refractivity contribution in [3.63, 3.8) is 0 Å². The number of carboxylic acids is 1. The summed E-state index contributed by atoms with van der Waals surface area (Å²) in [6.07, 6.45) is -2.14. The standard InChI is InChI=1S/C8H5F2NO5/c9-4-1-3(7(12)8(13)14)2-5(6(4)10)11(15)16/h1-2,7,12H,(H,13,14). The Hall–Kier alpha value is -2.09. The van der Waals surface area contributed by atoms with Gasteiger partial charge in [0.2, 0.25) is 5.82 Å². The predicted molar refractivity (Wildman–Crippen MR) is 45.6 cm³/mol. The first-order chi connectivity index (χ1) is 7.34. The molecule has 0 bridgehead atoms. The minimum absolute atomic E-state index is 0.390. The minimum Gasteiger partial charge on any atom is -0.479 e. The van der Waals surface area contributed by atoms with Crippen LogP contribution in [-0.4, -0.2) is 21.1 Å². The smallest absolute Gasteiger partial charge is 0.337 e. The number of hydrogen-bond acceptors (Lipinski definition) is 4. The van der Waals surface area contributed by atoms with Crippen molar-refractivity contribution in [1.29, 1.82) is 0 Å². The van der Waals surface area contributed by atoms with Gasteiger partial charge in [0, 0.05) is 11.6 Å². The summed E-state index contributed by atoms with van der Waals surface area (Å²) in [4.78, 5) is 19.4. The first-order valence-electron chi connectivity index (χ1n) is 3.88. The molecule has 86 valence electrons. The number of carboxylic acid groups (broad SMARTS) is 1. The van der Waals surface area contributed by atoms with Crippen molar-refractivity contribution < 1.29 is 28.7 Å². The quantitative estimate of drug-likeness (QED) is 0.598. The van der Waals surface area contributed by atoms with E-state index in [0.717, 1.165) is 0 Å². The molecular weight excluding hydrogens is 228 g/mol. The van der Waals surface area contributed by atoms with Gasteiger partial charge in [0.25, 0.3) is 0 Å². The topological polar surface area (TPSA) is 101 Å². The molecule has 0 aliphatic heterocycles. The number of carbonyl (C=O) groups is 1. The second-order valence-corrected chi connectivity index (χ2v) is 2.83. The van der Waals surface area contributed by atoms with Crippen LogP contribution in [-0.2, 0) is 4.79 Å². The predicted octanol–water partition coefficient (Wildman–Crippen LogP) is 0.991. The zero-order valence-corrected chi connectivity index (χ0v) is 7.55. The van der Waals surface area contributed by atoms with Gasteiger partial charge in [-0.15, -0.1) is 0 Å². The van der Waals surface area contributed by atoms with Gasteiger partial charge in [-0.1, -0.05) is 0 Å². The summed E-state index contributed by atoms with van der Waals surface area (Å²) < 4.78 is 25.7. The van der Waals surface area contributed by atoms with Crippen LogP contribution in [0, 0.1) is 21.7 Å². The van der Waals surface area contributed by atoms with Crippen LogP contribution < -0.4 is 0 Å². The van der Waals surface area contributed by atoms with Crippen molar-refractivity contribution in [3.05, 3.63) is 39.4 Å². The fraction of sp³-hybridized carbons (Fsp3) is 0.125. The molecule has 1 atom stereocenters. The van der Waals surface area contributed by atoms with Crippen LogP contribution in [0.2, 0.25) is 0 Å². The number of nitro groups is 1. The molecule has 1 aromatic carbocycles. The zero-order valence-electron chi connectivity index (χ0n) is 7.55. The van der Waals surface area contributed by atoms with Crippen molar-refractivity contribution >= 4 is 11.7 Å². The third-order valence-electron chi connectivity index (χ3n) is 1.78. The average Bonchev–Trinajstić information content (AvgIpc) is 2.20. The SMILES string of the molecule is O=C(O)C(O)c1cc(F)c(F)c([N+](=O)[O-])c1. The highest BCUT2D eigenvalue weighted by Crippen LogP contribution is 2.25. The Labute approximate surface area is 86.9 Å². The molecule has 0 aliphatic carbocycles. The van der Waals surface area contributed by atoms with Gasteiger partial charge in [-0.3, -0.25) is 10.1 Å². The molecule has 0 spiro atoms. The molecule has 0 saturated carbocycles.